The Bertz CT molecular complexity index is 678. The van der Waals surface area contributed by atoms with Gasteiger partial charge in [0.2, 0.25) is 5.88 Å². The maximum Gasteiger partial charge on any atom is 0.224 e. The summed E-state index contributed by atoms with van der Waals surface area (Å²) >= 11 is 3.33. The third-order valence-corrected chi connectivity index (χ3v) is 3.27. The van der Waals surface area contributed by atoms with Crippen molar-refractivity contribution in [2.45, 2.75) is 0 Å². The Hall–Kier alpha value is -2.19. The van der Waals surface area contributed by atoms with Crippen LogP contribution < -0.4 is 4.74 Å². The fourth-order valence-electron chi connectivity index (χ4n) is 1.71. The molecule has 0 amide bonds. The normalized spacial score (nSPS) is 9.74. The number of ether oxygens (including phenoxy) is 1. The van der Waals surface area contributed by atoms with Crippen molar-refractivity contribution in [2.24, 2.45) is 0 Å². The highest BCUT2D eigenvalue weighted by Crippen LogP contribution is 2.29. The average molecular weight is 317 g/mol. The molecular formula is C14H9BrN2O2. The van der Waals surface area contributed by atoms with Gasteiger partial charge in [0.25, 0.3) is 0 Å². The smallest absolute Gasteiger partial charge is 0.224 e. The van der Waals surface area contributed by atoms with Crippen LogP contribution in [0.1, 0.15) is 15.9 Å². The first kappa shape index (κ1) is 13.2. The number of aldehydes is 1. The van der Waals surface area contributed by atoms with Gasteiger partial charge in [0.1, 0.15) is 6.07 Å². The first-order valence-corrected chi connectivity index (χ1v) is 6.19. The van der Waals surface area contributed by atoms with Gasteiger partial charge in [-0.1, -0.05) is 12.1 Å². The molecule has 0 spiro atoms. The van der Waals surface area contributed by atoms with Crippen LogP contribution in [0.3, 0.4) is 0 Å². The van der Waals surface area contributed by atoms with Crippen molar-refractivity contribution >= 4 is 22.2 Å². The summed E-state index contributed by atoms with van der Waals surface area (Å²) in [6.45, 7) is 0. The van der Waals surface area contributed by atoms with E-state index in [2.05, 4.69) is 27.0 Å². The van der Waals surface area contributed by atoms with Crippen molar-refractivity contribution in [3.05, 3.63) is 45.9 Å². The van der Waals surface area contributed by atoms with Gasteiger partial charge in [-0.3, -0.25) is 4.79 Å². The van der Waals surface area contributed by atoms with Crippen molar-refractivity contribution in [1.29, 1.82) is 5.26 Å². The number of nitriles is 1. The number of nitrogens with zero attached hydrogens (tertiary/aromatic N) is 2. The molecule has 0 unspecified atom stereocenters. The number of benzene rings is 1. The third kappa shape index (κ3) is 2.49. The van der Waals surface area contributed by atoms with E-state index in [0.717, 1.165) is 0 Å². The molecule has 1 aromatic carbocycles. The molecule has 1 aromatic heterocycles. The van der Waals surface area contributed by atoms with Gasteiger partial charge in [-0.2, -0.15) is 5.26 Å². The van der Waals surface area contributed by atoms with Crippen molar-refractivity contribution in [1.82, 2.24) is 4.98 Å². The molecule has 0 bridgehead atoms. The van der Waals surface area contributed by atoms with E-state index < -0.39 is 0 Å². The van der Waals surface area contributed by atoms with Crippen molar-refractivity contribution < 1.29 is 9.53 Å². The van der Waals surface area contributed by atoms with E-state index in [0.29, 0.717) is 33.1 Å². The highest BCUT2D eigenvalue weighted by atomic mass is 79.9. The van der Waals surface area contributed by atoms with E-state index in [1.807, 2.05) is 6.07 Å². The summed E-state index contributed by atoms with van der Waals surface area (Å²) in [6, 6.07) is 10.9. The fraction of sp³-hybridized carbons (Fsp3) is 0.0714. The summed E-state index contributed by atoms with van der Waals surface area (Å²) in [5.41, 5.74) is 2.14. The molecule has 19 heavy (non-hydrogen) atoms. The number of hydrogen-bond acceptors (Lipinski definition) is 4. The second-order valence-corrected chi connectivity index (χ2v) is 4.54. The number of carbonyl (C=O) groups excluding carboxylic acids is 1. The highest BCUT2D eigenvalue weighted by molar-refractivity contribution is 9.10. The molecule has 0 N–H and O–H groups in total. The van der Waals surface area contributed by atoms with Crippen LogP contribution in [-0.4, -0.2) is 18.4 Å². The zero-order chi connectivity index (χ0) is 13.8. The van der Waals surface area contributed by atoms with E-state index in [4.69, 9.17) is 4.74 Å². The van der Waals surface area contributed by atoms with Gasteiger partial charge in [0.15, 0.2) is 6.29 Å². The largest absolute Gasteiger partial charge is 0.480 e. The number of rotatable bonds is 3. The molecule has 0 radical (unpaired) electrons. The lowest BCUT2D eigenvalue weighted by Crippen LogP contribution is -1.97. The number of carbonyl (C=O) groups is 1. The number of halogens is 1. The quantitative estimate of drug-likeness (QED) is 0.816. The van der Waals surface area contributed by atoms with Gasteiger partial charge in [0.05, 0.1) is 23.9 Å². The number of aromatic nitrogens is 1. The predicted octanol–water partition coefficient (Wildman–Crippen LogP) is 3.20. The van der Waals surface area contributed by atoms with Crippen LogP contribution in [-0.2, 0) is 0 Å². The second-order valence-electron chi connectivity index (χ2n) is 3.69. The molecule has 1 heterocycles. The Morgan fingerprint density at radius 1 is 1.37 bits per heavy atom. The molecule has 0 saturated heterocycles. The maximum atomic E-state index is 10.8. The lowest BCUT2D eigenvalue weighted by Gasteiger charge is -2.08. The highest BCUT2D eigenvalue weighted by Gasteiger charge is 2.12. The number of pyridine rings is 1. The summed E-state index contributed by atoms with van der Waals surface area (Å²) in [6.07, 6.45) is 0.682. The molecule has 94 valence electrons. The summed E-state index contributed by atoms with van der Waals surface area (Å²) in [5, 5.41) is 9.19. The molecule has 2 rings (SSSR count). The molecular weight excluding hydrogens is 308 g/mol. The Morgan fingerprint density at radius 2 is 2.16 bits per heavy atom. The topological polar surface area (TPSA) is 63.0 Å². The van der Waals surface area contributed by atoms with Crippen LogP contribution >= 0.6 is 15.9 Å². The zero-order valence-electron chi connectivity index (χ0n) is 10.1. The van der Waals surface area contributed by atoms with Crippen LogP contribution in [0, 0.1) is 11.3 Å². The first-order valence-electron chi connectivity index (χ1n) is 5.40. The molecule has 0 atom stereocenters. The number of methoxy groups -OCH3 is 1. The van der Waals surface area contributed by atoms with Crippen LogP contribution in [0.4, 0.5) is 0 Å². The van der Waals surface area contributed by atoms with Crippen LogP contribution in [0.2, 0.25) is 0 Å². The minimum atomic E-state index is 0.247. The second kappa shape index (κ2) is 5.63. The van der Waals surface area contributed by atoms with Crippen molar-refractivity contribution in [3.63, 3.8) is 0 Å². The first-order chi connectivity index (χ1) is 9.21. The van der Waals surface area contributed by atoms with Gasteiger partial charge < -0.3 is 4.74 Å². The van der Waals surface area contributed by atoms with Gasteiger partial charge in [-0.05, 0) is 34.1 Å². The van der Waals surface area contributed by atoms with Gasteiger partial charge in [-0.15, -0.1) is 0 Å². The zero-order valence-corrected chi connectivity index (χ0v) is 11.6. The minimum absolute atomic E-state index is 0.247. The van der Waals surface area contributed by atoms with Crippen LogP contribution in [0.5, 0.6) is 5.88 Å². The molecule has 0 fully saturated rings. The Balaban J connectivity index is 2.63. The van der Waals surface area contributed by atoms with E-state index in [1.54, 1.807) is 24.3 Å². The maximum absolute atomic E-state index is 10.8. The van der Waals surface area contributed by atoms with Gasteiger partial charge >= 0.3 is 0 Å². The summed E-state index contributed by atoms with van der Waals surface area (Å²) < 4.78 is 5.77. The molecule has 0 aliphatic rings. The Kier molecular flexibility index (Phi) is 3.93. The molecule has 0 aliphatic carbocycles. The Morgan fingerprint density at radius 3 is 2.79 bits per heavy atom. The summed E-state index contributed by atoms with van der Waals surface area (Å²) in [4.78, 5) is 15.1. The lowest BCUT2D eigenvalue weighted by molar-refractivity contribution is 0.112. The predicted molar refractivity (Wildman–Crippen MR) is 74.0 cm³/mol. The molecule has 4 nitrogen and oxygen atoms in total. The van der Waals surface area contributed by atoms with Crippen LogP contribution in [0.15, 0.2) is 34.8 Å². The average Bonchev–Trinajstić information content (AvgIpc) is 2.46. The summed E-state index contributed by atoms with van der Waals surface area (Å²) in [5.74, 6) is 0.247. The van der Waals surface area contributed by atoms with E-state index in [-0.39, 0.29) is 5.88 Å². The monoisotopic (exact) mass is 316 g/mol. The number of hydrogen-bond donors (Lipinski definition) is 0. The molecule has 5 heteroatoms. The molecule has 0 saturated carbocycles. The van der Waals surface area contributed by atoms with E-state index in [9.17, 15) is 10.1 Å². The SMILES string of the molecule is COc1nc(-c2cccc(Br)c2C#N)ccc1C=O. The summed E-state index contributed by atoms with van der Waals surface area (Å²) in [7, 11) is 1.45. The standard InChI is InChI=1S/C14H9BrN2O2/c1-19-14-9(8-18)5-6-13(17-14)10-3-2-4-12(15)11(10)7-16/h2-6,8H,1H3. The van der Waals surface area contributed by atoms with E-state index >= 15 is 0 Å². The van der Waals surface area contributed by atoms with Crippen LogP contribution in [0.25, 0.3) is 11.3 Å². The lowest BCUT2D eigenvalue weighted by atomic mass is 10.0. The van der Waals surface area contributed by atoms with Crippen molar-refractivity contribution in [3.8, 4) is 23.2 Å². The third-order valence-electron chi connectivity index (χ3n) is 2.61. The van der Waals surface area contributed by atoms with Crippen molar-refractivity contribution in [2.75, 3.05) is 7.11 Å². The van der Waals surface area contributed by atoms with Gasteiger partial charge in [-0.25, -0.2) is 4.98 Å². The Labute approximate surface area is 118 Å². The molecule has 0 aliphatic heterocycles. The molecule has 2 aromatic rings. The fourth-order valence-corrected chi connectivity index (χ4v) is 2.16. The minimum Gasteiger partial charge on any atom is -0.480 e. The van der Waals surface area contributed by atoms with Gasteiger partial charge in [0, 0.05) is 10.0 Å². The van der Waals surface area contributed by atoms with E-state index in [1.165, 1.54) is 7.11 Å².